The lowest BCUT2D eigenvalue weighted by Gasteiger charge is -1.98. The third-order valence-electron chi connectivity index (χ3n) is 1.23. The highest BCUT2D eigenvalue weighted by atomic mass is 14.9. The molecule has 0 aromatic heterocycles. The molecule has 0 saturated carbocycles. The fourth-order valence-corrected chi connectivity index (χ4v) is 0.594. The van der Waals surface area contributed by atoms with Crippen LogP contribution >= 0.6 is 0 Å². The largest absolute Gasteiger partial charge is 0.389 e. The van der Waals surface area contributed by atoms with Crippen molar-refractivity contribution in [2.45, 2.75) is 26.7 Å². The molecule has 2 heteroatoms. The molecule has 0 aromatic carbocycles. The molecule has 0 amide bonds. The van der Waals surface area contributed by atoms with E-state index in [1.54, 1.807) is 0 Å². The molecule has 0 aliphatic rings. The Balaban J connectivity index is 3.53. The van der Waals surface area contributed by atoms with Crippen LogP contribution in [0.2, 0.25) is 0 Å². The van der Waals surface area contributed by atoms with Crippen LogP contribution in [0.15, 0.2) is 16.9 Å². The fourth-order valence-electron chi connectivity index (χ4n) is 0.594. The lowest BCUT2D eigenvalue weighted by Crippen LogP contribution is -2.06. The minimum atomic E-state index is 0.945. The van der Waals surface area contributed by atoms with Gasteiger partial charge in [0.15, 0.2) is 0 Å². The predicted molar refractivity (Wildman–Crippen MR) is 46.2 cm³/mol. The molecule has 0 atom stereocenters. The normalized spacial score (nSPS) is 11.2. The SMILES string of the molecule is C=N/C(=C\NCCC)CC. The average molecular weight is 140 g/mol. The van der Waals surface area contributed by atoms with E-state index in [-0.39, 0.29) is 0 Å². The van der Waals surface area contributed by atoms with Crippen molar-refractivity contribution in [1.82, 2.24) is 5.32 Å². The number of hydrogen-bond acceptors (Lipinski definition) is 2. The third kappa shape index (κ3) is 4.13. The zero-order chi connectivity index (χ0) is 7.82. The monoisotopic (exact) mass is 140 g/mol. The summed E-state index contributed by atoms with van der Waals surface area (Å²) in [5, 5.41) is 3.14. The van der Waals surface area contributed by atoms with Gasteiger partial charge in [-0.15, -0.1) is 0 Å². The first-order valence-electron chi connectivity index (χ1n) is 3.74. The number of aliphatic imine (C=N–C) groups is 1. The lowest BCUT2D eigenvalue weighted by molar-refractivity contribution is 0.797. The second-order valence-electron chi connectivity index (χ2n) is 2.10. The van der Waals surface area contributed by atoms with Gasteiger partial charge in [-0.3, -0.25) is 4.99 Å². The Hall–Kier alpha value is -0.790. The molecular weight excluding hydrogens is 124 g/mol. The zero-order valence-electron chi connectivity index (χ0n) is 6.85. The third-order valence-corrected chi connectivity index (χ3v) is 1.23. The molecule has 0 rings (SSSR count). The molecule has 0 saturated heterocycles. The van der Waals surface area contributed by atoms with Crippen LogP contribution in [0.4, 0.5) is 0 Å². The van der Waals surface area contributed by atoms with Crippen molar-refractivity contribution >= 4 is 6.72 Å². The Kier molecular flexibility index (Phi) is 5.83. The zero-order valence-corrected chi connectivity index (χ0v) is 6.85. The van der Waals surface area contributed by atoms with Gasteiger partial charge in [-0.2, -0.15) is 0 Å². The van der Waals surface area contributed by atoms with Gasteiger partial charge in [0.1, 0.15) is 0 Å². The van der Waals surface area contributed by atoms with Crippen LogP contribution in [-0.4, -0.2) is 13.3 Å². The van der Waals surface area contributed by atoms with Crippen molar-refractivity contribution < 1.29 is 0 Å². The quantitative estimate of drug-likeness (QED) is 0.458. The Morgan fingerprint density at radius 3 is 2.70 bits per heavy atom. The van der Waals surface area contributed by atoms with Crippen LogP contribution in [0.1, 0.15) is 26.7 Å². The molecule has 0 aliphatic heterocycles. The first-order valence-corrected chi connectivity index (χ1v) is 3.74. The summed E-state index contributed by atoms with van der Waals surface area (Å²) in [4.78, 5) is 3.83. The fraction of sp³-hybridized carbons (Fsp3) is 0.625. The van der Waals surface area contributed by atoms with Gasteiger partial charge < -0.3 is 5.32 Å². The topological polar surface area (TPSA) is 24.4 Å². The van der Waals surface area contributed by atoms with Gasteiger partial charge in [0.2, 0.25) is 0 Å². The summed E-state index contributed by atoms with van der Waals surface area (Å²) in [6, 6.07) is 0. The molecule has 0 aliphatic carbocycles. The first kappa shape index (κ1) is 9.21. The van der Waals surface area contributed by atoms with Crippen molar-refractivity contribution in [1.29, 1.82) is 0 Å². The highest BCUT2D eigenvalue weighted by Crippen LogP contribution is 1.97. The van der Waals surface area contributed by atoms with E-state index >= 15 is 0 Å². The van der Waals surface area contributed by atoms with Gasteiger partial charge in [0.05, 0.1) is 5.70 Å². The molecule has 0 unspecified atom stereocenters. The summed E-state index contributed by atoms with van der Waals surface area (Å²) >= 11 is 0. The maximum Gasteiger partial charge on any atom is 0.0549 e. The van der Waals surface area contributed by atoms with Gasteiger partial charge >= 0.3 is 0 Å². The van der Waals surface area contributed by atoms with Gasteiger partial charge in [-0.05, 0) is 19.6 Å². The van der Waals surface area contributed by atoms with Crippen LogP contribution in [0.3, 0.4) is 0 Å². The summed E-state index contributed by atoms with van der Waals surface area (Å²) in [5.41, 5.74) is 1.02. The van der Waals surface area contributed by atoms with E-state index in [0.717, 1.165) is 25.1 Å². The Morgan fingerprint density at radius 2 is 2.30 bits per heavy atom. The maximum absolute atomic E-state index is 3.83. The van der Waals surface area contributed by atoms with E-state index < -0.39 is 0 Å². The molecule has 10 heavy (non-hydrogen) atoms. The van der Waals surface area contributed by atoms with E-state index in [9.17, 15) is 0 Å². The van der Waals surface area contributed by atoms with Crippen LogP contribution in [-0.2, 0) is 0 Å². The smallest absolute Gasteiger partial charge is 0.0549 e. The molecule has 0 spiro atoms. The van der Waals surface area contributed by atoms with E-state index in [2.05, 4.69) is 30.9 Å². The Labute approximate surface area is 63.0 Å². The standard InChI is InChI=1S/C8H16N2/c1-4-6-10-7-8(5-2)9-3/h7,10H,3-6H2,1-2H3/b8-7-. The van der Waals surface area contributed by atoms with Crippen molar-refractivity contribution in [2.75, 3.05) is 6.54 Å². The lowest BCUT2D eigenvalue weighted by atomic mass is 10.4. The predicted octanol–water partition coefficient (Wildman–Crippen LogP) is 1.94. The Bertz CT molecular complexity index is 116. The average Bonchev–Trinajstić information content (AvgIpc) is 1.99. The summed E-state index contributed by atoms with van der Waals surface area (Å²) in [6.07, 6.45) is 4.02. The van der Waals surface area contributed by atoms with E-state index in [1.165, 1.54) is 0 Å². The van der Waals surface area contributed by atoms with Crippen LogP contribution in [0.5, 0.6) is 0 Å². The molecule has 0 heterocycles. The highest BCUT2D eigenvalue weighted by molar-refractivity contribution is 5.28. The number of rotatable bonds is 5. The Morgan fingerprint density at radius 1 is 1.60 bits per heavy atom. The second-order valence-corrected chi connectivity index (χ2v) is 2.10. The van der Waals surface area contributed by atoms with E-state index in [0.29, 0.717) is 0 Å². The molecule has 1 N–H and O–H groups in total. The van der Waals surface area contributed by atoms with Gasteiger partial charge in [-0.25, -0.2) is 0 Å². The molecule has 0 bridgehead atoms. The first-order chi connectivity index (χ1) is 4.85. The van der Waals surface area contributed by atoms with Gasteiger partial charge in [0, 0.05) is 12.7 Å². The van der Waals surface area contributed by atoms with Crippen molar-refractivity contribution in [2.24, 2.45) is 4.99 Å². The molecule has 0 aromatic rings. The van der Waals surface area contributed by atoms with E-state index in [4.69, 9.17) is 0 Å². The molecule has 0 fully saturated rings. The van der Waals surface area contributed by atoms with E-state index in [1.807, 2.05) is 6.20 Å². The van der Waals surface area contributed by atoms with Gasteiger partial charge in [-0.1, -0.05) is 13.8 Å². The minimum Gasteiger partial charge on any atom is -0.389 e. The van der Waals surface area contributed by atoms with Gasteiger partial charge in [0.25, 0.3) is 0 Å². The van der Waals surface area contributed by atoms with Crippen molar-refractivity contribution in [3.63, 3.8) is 0 Å². The molecular formula is C8H16N2. The molecule has 2 nitrogen and oxygen atoms in total. The summed E-state index contributed by atoms with van der Waals surface area (Å²) in [5.74, 6) is 0. The second kappa shape index (κ2) is 6.33. The van der Waals surface area contributed by atoms with Crippen LogP contribution in [0, 0.1) is 0 Å². The number of allylic oxidation sites excluding steroid dienone is 1. The van der Waals surface area contributed by atoms with Crippen LogP contribution < -0.4 is 5.32 Å². The summed E-state index contributed by atoms with van der Waals surface area (Å²) in [7, 11) is 0. The number of nitrogens with one attached hydrogen (secondary N) is 1. The highest BCUT2D eigenvalue weighted by Gasteiger charge is 1.84. The number of nitrogens with zero attached hydrogens (tertiary/aromatic N) is 1. The van der Waals surface area contributed by atoms with Crippen LogP contribution in [0.25, 0.3) is 0 Å². The van der Waals surface area contributed by atoms with Crippen molar-refractivity contribution in [3.05, 3.63) is 11.9 Å². The summed E-state index contributed by atoms with van der Waals surface area (Å²) < 4.78 is 0. The number of hydrogen-bond donors (Lipinski definition) is 1. The molecule has 58 valence electrons. The molecule has 0 radical (unpaired) electrons. The minimum absolute atomic E-state index is 0.945. The summed E-state index contributed by atoms with van der Waals surface area (Å²) in [6.45, 7) is 8.66. The van der Waals surface area contributed by atoms with Crippen molar-refractivity contribution in [3.8, 4) is 0 Å². The maximum atomic E-state index is 3.83.